The van der Waals surface area contributed by atoms with Crippen molar-refractivity contribution < 1.29 is 14.6 Å². The predicted octanol–water partition coefficient (Wildman–Crippen LogP) is 6.11. The Hall–Kier alpha value is -1.88. The van der Waals surface area contributed by atoms with E-state index in [1.807, 2.05) is 13.0 Å². The van der Waals surface area contributed by atoms with Gasteiger partial charge in [-0.1, -0.05) is 52.5 Å². The molecule has 6 unspecified atom stereocenters. The van der Waals surface area contributed by atoms with Gasteiger partial charge in [-0.15, -0.1) is 6.58 Å². The third kappa shape index (κ3) is 2.52. The van der Waals surface area contributed by atoms with Gasteiger partial charge in [0.1, 0.15) is 23.9 Å². The van der Waals surface area contributed by atoms with Gasteiger partial charge in [0.05, 0.1) is 6.10 Å². The van der Waals surface area contributed by atoms with Crippen LogP contribution in [0.25, 0.3) is 10.9 Å². The van der Waals surface area contributed by atoms with Crippen molar-refractivity contribution >= 4 is 10.9 Å². The normalized spacial score (nSPS) is 44.7. The summed E-state index contributed by atoms with van der Waals surface area (Å²) in [6, 6.07) is 6.97. The number of rotatable bonds is 3. The number of epoxide rings is 1. The molecule has 2 saturated heterocycles. The number of aromatic amines is 1. The first-order valence-electron chi connectivity index (χ1n) is 13.9. The second-order valence-electron chi connectivity index (χ2n) is 13.6. The minimum absolute atomic E-state index is 0.0464. The second-order valence-corrected chi connectivity index (χ2v) is 13.6. The molecule has 0 amide bonds. The number of H-pyrrole nitrogens is 1. The van der Waals surface area contributed by atoms with Gasteiger partial charge in [-0.2, -0.15) is 0 Å². The Morgan fingerprint density at radius 2 is 2.00 bits per heavy atom. The average molecular weight is 488 g/mol. The van der Waals surface area contributed by atoms with Gasteiger partial charge in [-0.3, -0.25) is 0 Å². The van der Waals surface area contributed by atoms with Crippen LogP contribution in [0.1, 0.15) is 77.1 Å². The van der Waals surface area contributed by atoms with Gasteiger partial charge in [0.25, 0.3) is 0 Å². The zero-order valence-corrected chi connectivity index (χ0v) is 22.5. The minimum atomic E-state index is -0.620. The zero-order valence-electron chi connectivity index (χ0n) is 22.5. The van der Waals surface area contributed by atoms with Crippen LogP contribution < -0.4 is 0 Å². The molecule has 1 aromatic carbocycles. The summed E-state index contributed by atoms with van der Waals surface area (Å²) in [6.45, 7) is 19.6. The summed E-state index contributed by atoms with van der Waals surface area (Å²) in [5.74, 6) is 1.01. The lowest BCUT2D eigenvalue weighted by atomic mass is 9.43. The number of hydrogen-bond acceptors (Lipinski definition) is 3. The molecule has 7 rings (SSSR count). The van der Waals surface area contributed by atoms with Crippen molar-refractivity contribution in [3.8, 4) is 0 Å². The van der Waals surface area contributed by atoms with Crippen LogP contribution in [0.4, 0.5) is 0 Å². The molecule has 0 bridgehead atoms. The topological polar surface area (TPSA) is 57.8 Å². The number of hydrogen-bond donors (Lipinski definition) is 2. The Labute approximate surface area is 215 Å². The van der Waals surface area contributed by atoms with Gasteiger partial charge in [0, 0.05) is 27.4 Å². The second kappa shape index (κ2) is 6.95. The van der Waals surface area contributed by atoms with E-state index in [1.165, 1.54) is 34.1 Å². The molecule has 3 heterocycles. The summed E-state index contributed by atoms with van der Waals surface area (Å²) in [4.78, 5) is 3.97. The van der Waals surface area contributed by atoms with Crippen molar-refractivity contribution in [3.63, 3.8) is 0 Å². The van der Waals surface area contributed by atoms with Gasteiger partial charge in [0.2, 0.25) is 0 Å². The maximum absolute atomic E-state index is 11.2. The minimum Gasteiger partial charge on any atom is -0.387 e. The Morgan fingerprint density at radius 3 is 2.72 bits per heavy atom. The van der Waals surface area contributed by atoms with Gasteiger partial charge in [0.15, 0.2) is 0 Å². The fourth-order valence-corrected chi connectivity index (χ4v) is 9.37. The highest BCUT2D eigenvalue weighted by atomic mass is 16.7. The van der Waals surface area contributed by atoms with Crippen molar-refractivity contribution in [2.45, 2.75) is 108 Å². The molecule has 4 nitrogen and oxygen atoms in total. The van der Waals surface area contributed by atoms with Crippen LogP contribution in [0.15, 0.2) is 43.0 Å². The van der Waals surface area contributed by atoms with E-state index in [1.54, 1.807) is 0 Å². The van der Waals surface area contributed by atoms with Crippen molar-refractivity contribution in [1.82, 2.24) is 4.98 Å². The van der Waals surface area contributed by atoms with E-state index in [0.29, 0.717) is 11.8 Å². The number of allylic oxidation sites excluding steroid dienone is 1. The third-order valence-corrected chi connectivity index (χ3v) is 11.8. The van der Waals surface area contributed by atoms with Crippen molar-refractivity contribution in [3.05, 3.63) is 59.8 Å². The van der Waals surface area contributed by atoms with Gasteiger partial charge < -0.3 is 19.6 Å². The van der Waals surface area contributed by atoms with Crippen LogP contribution in [0, 0.1) is 17.3 Å². The van der Waals surface area contributed by atoms with Crippen LogP contribution >= 0.6 is 0 Å². The van der Waals surface area contributed by atoms with E-state index in [0.717, 1.165) is 31.3 Å². The number of aliphatic hydroxyl groups excluding tert-OH is 1. The Balaban J connectivity index is 1.32. The SMILES string of the molecule is C=CC(C)(C)c1ccc2c3c([nH]c2c1)[C@@]1(C)[C@@H](CCC2C45OC4C(O)C(C(=C)C)OC5CC[C@@]21C)C3. The first-order chi connectivity index (χ1) is 17.0. The number of ether oxygens (including phenoxy) is 2. The first kappa shape index (κ1) is 23.3. The molecule has 4 heteroatoms. The number of aliphatic hydroxyl groups is 1. The lowest BCUT2D eigenvalue weighted by Crippen LogP contribution is -2.66. The highest BCUT2D eigenvalue weighted by Crippen LogP contribution is 2.73. The van der Waals surface area contributed by atoms with Crippen LogP contribution in [0.3, 0.4) is 0 Å². The Morgan fingerprint density at radius 1 is 1.22 bits per heavy atom. The summed E-state index contributed by atoms with van der Waals surface area (Å²) in [7, 11) is 0. The summed E-state index contributed by atoms with van der Waals surface area (Å²) in [5, 5.41) is 12.5. The molecule has 0 radical (unpaired) electrons. The van der Waals surface area contributed by atoms with Crippen LogP contribution in [-0.2, 0) is 26.7 Å². The highest BCUT2D eigenvalue weighted by Gasteiger charge is 2.79. The predicted molar refractivity (Wildman–Crippen MR) is 143 cm³/mol. The average Bonchev–Trinajstić information content (AvgIpc) is 3.38. The van der Waals surface area contributed by atoms with Gasteiger partial charge in [-0.05, 0) is 79.0 Å². The zero-order chi connectivity index (χ0) is 25.4. The third-order valence-electron chi connectivity index (χ3n) is 11.8. The van der Waals surface area contributed by atoms with Crippen molar-refractivity contribution in [1.29, 1.82) is 0 Å². The van der Waals surface area contributed by atoms with E-state index in [9.17, 15) is 5.11 Å². The van der Waals surface area contributed by atoms with Gasteiger partial charge >= 0.3 is 0 Å². The molecule has 1 spiro atoms. The van der Waals surface area contributed by atoms with Crippen LogP contribution in [-0.4, -0.2) is 40.1 Å². The smallest absolute Gasteiger partial charge is 0.127 e. The Kier molecular flexibility index (Phi) is 4.49. The van der Waals surface area contributed by atoms with E-state index in [2.05, 4.69) is 64.0 Å². The number of benzene rings is 1. The molecule has 192 valence electrons. The summed E-state index contributed by atoms with van der Waals surface area (Å²) in [5.41, 5.74) is 6.15. The van der Waals surface area contributed by atoms with Gasteiger partial charge in [-0.25, -0.2) is 0 Å². The maximum atomic E-state index is 11.2. The molecular formula is C32H41NO3. The standard InChI is InChI=1S/C32H41NO3/c1-8-29(4,5)18-9-11-20-21-15-19-10-12-23-30(6,31(19,7)27(21)33-22(20)16-18)14-13-24-32(23)28(36-32)25(34)26(35-24)17(2)3/h8-9,11,16,19,23-26,28,33-34H,1-2,10,12-15H2,3-7H3/t19-,23?,24?,25?,26?,28?,30-,31+,32?/m0/s1. The summed E-state index contributed by atoms with van der Waals surface area (Å²) in [6.07, 6.45) is 6.63. The summed E-state index contributed by atoms with van der Waals surface area (Å²) < 4.78 is 13.1. The van der Waals surface area contributed by atoms with Crippen molar-refractivity contribution in [2.75, 3.05) is 0 Å². The molecule has 2 saturated carbocycles. The van der Waals surface area contributed by atoms with Crippen LogP contribution in [0.2, 0.25) is 0 Å². The number of aromatic nitrogens is 1. The molecule has 2 aliphatic heterocycles. The highest BCUT2D eigenvalue weighted by molar-refractivity contribution is 5.87. The monoisotopic (exact) mass is 487 g/mol. The molecule has 4 fully saturated rings. The van der Waals surface area contributed by atoms with E-state index in [-0.39, 0.29) is 40.2 Å². The molecule has 9 atom stereocenters. The fraction of sp³-hybridized carbons (Fsp3) is 0.625. The molecule has 36 heavy (non-hydrogen) atoms. The molecular weight excluding hydrogens is 446 g/mol. The fourth-order valence-electron chi connectivity index (χ4n) is 9.37. The molecule has 1 aromatic heterocycles. The quantitative estimate of drug-likeness (QED) is 0.405. The van der Waals surface area contributed by atoms with E-state index < -0.39 is 6.10 Å². The molecule has 2 N–H and O–H groups in total. The molecule has 3 aliphatic carbocycles. The first-order valence-corrected chi connectivity index (χ1v) is 13.9. The number of fused-ring (bicyclic) bond motifs is 7. The van der Waals surface area contributed by atoms with E-state index in [4.69, 9.17) is 9.47 Å². The lowest BCUT2D eigenvalue weighted by Gasteiger charge is -2.62. The molecule has 5 aliphatic rings. The maximum Gasteiger partial charge on any atom is 0.127 e. The largest absolute Gasteiger partial charge is 0.387 e. The summed E-state index contributed by atoms with van der Waals surface area (Å²) >= 11 is 0. The van der Waals surface area contributed by atoms with E-state index >= 15 is 0 Å². The number of nitrogens with one attached hydrogen (secondary N) is 1. The van der Waals surface area contributed by atoms with Crippen LogP contribution in [0.5, 0.6) is 0 Å². The van der Waals surface area contributed by atoms with Crippen molar-refractivity contribution in [2.24, 2.45) is 17.3 Å². The molecule has 2 aromatic rings. The Bertz CT molecular complexity index is 1310. The lowest BCUT2D eigenvalue weighted by molar-refractivity contribution is -0.180.